The fourth-order valence-corrected chi connectivity index (χ4v) is 3.59. The molecular weight excluding hydrogens is 416 g/mol. The van der Waals surface area contributed by atoms with Gasteiger partial charge < -0.3 is 54.7 Å². The van der Waals surface area contributed by atoms with E-state index in [2.05, 4.69) is 0 Å². The van der Waals surface area contributed by atoms with Gasteiger partial charge in [0.1, 0.15) is 54.6 Å². The number of hydrogen-bond donors (Lipinski definition) is 7. The molecule has 0 aromatic heterocycles. The van der Waals surface area contributed by atoms with E-state index < -0.39 is 74.6 Å². The maximum absolute atomic E-state index is 10.6. The van der Waals surface area contributed by atoms with Gasteiger partial charge in [-0.3, -0.25) is 0 Å². The van der Waals surface area contributed by atoms with E-state index in [1.165, 1.54) is 0 Å². The van der Waals surface area contributed by atoms with Crippen LogP contribution in [0.5, 0.6) is 5.75 Å². The van der Waals surface area contributed by atoms with Crippen LogP contribution in [0, 0.1) is 0 Å². The summed E-state index contributed by atoms with van der Waals surface area (Å²) in [7, 11) is 0. The number of benzene rings is 1. The van der Waals surface area contributed by atoms with Crippen LogP contribution in [0.1, 0.15) is 12.5 Å². The Hall–Kier alpha value is -1.38. The predicted octanol–water partition coefficient (Wildman–Crippen LogP) is -2.75. The van der Waals surface area contributed by atoms with E-state index in [-0.39, 0.29) is 0 Å². The molecular formula is C20H30O11. The smallest absolute Gasteiger partial charge is 0.229 e. The minimum atomic E-state index is -1.72. The average molecular weight is 446 g/mol. The number of ether oxygens (including phenoxy) is 4. The average Bonchev–Trinajstić information content (AvgIpc) is 2.79. The largest absolute Gasteiger partial charge is 0.462 e. The Kier molecular flexibility index (Phi) is 8.21. The van der Waals surface area contributed by atoms with Crippen molar-refractivity contribution in [1.82, 2.24) is 0 Å². The quantitative estimate of drug-likeness (QED) is 0.231. The Morgan fingerprint density at radius 3 is 1.90 bits per heavy atom. The summed E-state index contributed by atoms with van der Waals surface area (Å²) in [5.74, 6) is 0.387. The number of rotatable bonds is 7. The van der Waals surface area contributed by atoms with Crippen LogP contribution in [0.4, 0.5) is 0 Å². The van der Waals surface area contributed by atoms with Gasteiger partial charge in [0.15, 0.2) is 6.29 Å². The molecule has 2 aliphatic rings. The first-order chi connectivity index (χ1) is 14.8. The second-order valence-electron chi connectivity index (χ2n) is 7.62. The van der Waals surface area contributed by atoms with Crippen LogP contribution in [0.25, 0.3) is 0 Å². The summed E-state index contributed by atoms with van der Waals surface area (Å²) in [6.45, 7) is 0.718. The fraction of sp³-hybridized carbons (Fsp3) is 0.700. The third-order valence-corrected chi connectivity index (χ3v) is 5.54. The summed E-state index contributed by atoms with van der Waals surface area (Å²) in [5, 5.41) is 70.0. The second kappa shape index (κ2) is 10.5. The molecule has 2 saturated heterocycles. The third-order valence-electron chi connectivity index (χ3n) is 5.54. The standard InChI is InChI=1S/C20H30O11/c1-2-9-3-5-10(6-4-9)28-19-17(27)15(25)18(12(8-22)30-19)31-20-16(26)14(24)13(23)11(7-21)29-20/h3-6,11-27H,2,7-8H2,1H3/t11-,12-,13+,14+,15-,16+,17-,18+,19+,20+/m0/s1. The monoisotopic (exact) mass is 446 g/mol. The van der Waals surface area contributed by atoms with Crippen molar-refractivity contribution in [1.29, 1.82) is 0 Å². The van der Waals surface area contributed by atoms with Crippen LogP contribution in [0.15, 0.2) is 24.3 Å². The van der Waals surface area contributed by atoms with E-state index >= 15 is 0 Å². The number of aliphatic hydroxyl groups is 7. The SMILES string of the molecule is CCc1ccc(O[C@@H]2O[C@@H](CO)[C@@H](O[C@H]3O[C@@H](CO)[C@@H](O)[C@@H](O)[C@H]3O)[C@@H](O)[C@@H]2O)cc1. The molecule has 11 heteroatoms. The van der Waals surface area contributed by atoms with E-state index in [1.807, 2.05) is 19.1 Å². The molecule has 10 atom stereocenters. The molecule has 0 spiro atoms. The lowest BCUT2D eigenvalue weighted by Crippen LogP contribution is -2.65. The summed E-state index contributed by atoms with van der Waals surface area (Å²) in [6.07, 6.45) is -14.0. The third kappa shape index (κ3) is 5.17. The van der Waals surface area contributed by atoms with Gasteiger partial charge in [-0.05, 0) is 24.1 Å². The summed E-state index contributed by atoms with van der Waals surface area (Å²) in [4.78, 5) is 0. The Morgan fingerprint density at radius 2 is 1.32 bits per heavy atom. The normalized spacial score (nSPS) is 41.2. The number of aliphatic hydroxyl groups excluding tert-OH is 7. The second-order valence-corrected chi connectivity index (χ2v) is 7.62. The highest BCUT2D eigenvalue weighted by molar-refractivity contribution is 5.27. The molecule has 0 unspecified atom stereocenters. The number of hydrogen-bond acceptors (Lipinski definition) is 11. The lowest BCUT2D eigenvalue weighted by Gasteiger charge is -2.45. The number of aryl methyl sites for hydroxylation is 1. The van der Waals surface area contributed by atoms with E-state index in [9.17, 15) is 35.7 Å². The van der Waals surface area contributed by atoms with Gasteiger partial charge in [-0.15, -0.1) is 0 Å². The van der Waals surface area contributed by atoms with Crippen molar-refractivity contribution in [3.05, 3.63) is 29.8 Å². The zero-order chi connectivity index (χ0) is 22.7. The molecule has 7 N–H and O–H groups in total. The molecule has 0 radical (unpaired) electrons. The van der Waals surface area contributed by atoms with Gasteiger partial charge in [-0.2, -0.15) is 0 Å². The van der Waals surface area contributed by atoms with Gasteiger partial charge in [-0.25, -0.2) is 0 Å². The highest BCUT2D eigenvalue weighted by Gasteiger charge is 2.51. The minimum Gasteiger partial charge on any atom is -0.462 e. The van der Waals surface area contributed by atoms with Gasteiger partial charge in [0.2, 0.25) is 6.29 Å². The Bertz CT molecular complexity index is 682. The van der Waals surface area contributed by atoms with Crippen molar-refractivity contribution in [2.45, 2.75) is 74.8 Å². The maximum atomic E-state index is 10.6. The van der Waals surface area contributed by atoms with Crippen LogP contribution >= 0.6 is 0 Å². The highest BCUT2D eigenvalue weighted by Crippen LogP contribution is 2.30. The topological polar surface area (TPSA) is 179 Å². The zero-order valence-electron chi connectivity index (χ0n) is 17.0. The Labute approximate surface area is 179 Å². The maximum Gasteiger partial charge on any atom is 0.229 e. The first kappa shape index (κ1) is 24.3. The van der Waals surface area contributed by atoms with Gasteiger partial charge in [-0.1, -0.05) is 19.1 Å². The van der Waals surface area contributed by atoms with Gasteiger partial charge in [0, 0.05) is 0 Å². The summed E-state index contributed by atoms with van der Waals surface area (Å²) in [5.41, 5.74) is 1.08. The summed E-state index contributed by atoms with van der Waals surface area (Å²) < 4.78 is 21.9. The van der Waals surface area contributed by atoms with Gasteiger partial charge in [0.25, 0.3) is 0 Å². The van der Waals surface area contributed by atoms with Crippen molar-refractivity contribution in [3.8, 4) is 5.75 Å². The fourth-order valence-electron chi connectivity index (χ4n) is 3.59. The summed E-state index contributed by atoms with van der Waals surface area (Å²) in [6, 6.07) is 7.06. The van der Waals surface area contributed by atoms with Crippen LogP contribution in [-0.2, 0) is 20.6 Å². The van der Waals surface area contributed by atoms with Gasteiger partial charge in [0.05, 0.1) is 13.2 Å². The molecule has 2 heterocycles. The van der Waals surface area contributed by atoms with Crippen molar-refractivity contribution in [2.24, 2.45) is 0 Å². The molecule has 3 rings (SSSR count). The molecule has 0 bridgehead atoms. The van der Waals surface area contributed by atoms with Crippen LogP contribution in [-0.4, -0.2) is 110 Å². The molecule has 0 amide bonds. The summed E-state index contributed by atoms with van der Waals surface area (Å²) >= 11 is 0. The first-order valence-corrected chi connectivity index (χ1v) is 10.1. The molecule has 11 nitrogen and oxygen atoms in total. The van der Waals surface area contributed by atoms with Crippen LogP contribution in [0.3, 0.4) is 0 Å². The molecule has 176 valence electrons. The molecule has 0 saturated carbocycles. The zero-order valence-corrected chi connectivity index (χ0v) is 17.0. The van der Waals surface area contributed by atoms with Crippen molar-refractivity contribution in [2.75, 3.05) is 13.2 Å². The van der Waals surface area contributed by atoms with E-state index in [4.69, 9.17) is 18.9 Å². The Morgan fingerprint density at radius 1 is 0.742 bits per heavy atom. The molecule has 31 heavy (non-hydrogen) atoms. The lowest BCUT2D eigenvalue weighted by molar-refractivity contribution is -0.352. The molecule has 2 fully saturated rings. The first-order valence-electron chi connectivity index (χ1n) is 10.1. The predicted molar refractivity (Wildman–Crippen MR) is 103 cm³/mol. The molecule has 1 aromatic rings. The molecule has 1 aromatic carbocycles. The Balaban J connectivity index is 1.70. The van der Waals surface area contributed by atoms with Gasteiger partial charge >= 0.3 is 0 Å². The van der Waals surface area contributed by atoms with E-state index in [1.54, 1.807) is 12.1 Å². The van der Waals surface area contributed by atoms with Crippen molar-refractivity contribution in [3.63, 3.8) is 0 Å². The lowest BCUT2D eigenvalue weighted by atomic mass is 9.97. The highest BCUT2D eigenvalue weighted by atomic mass is 16.7. The van der Waals surface area contributed by atoms with E-state index in [0.29, 0.717) is 5.75 Å². The molecule has 2 aliphatic heterocycles. The minimum absolute atomic E-state index is 0.387. The van der Waals surface area contributed by atoms with Crippen molar-refractivity contribution < 1.29 is 54.7 Å². The van der Waals surface area contributed by atoms with Crippen LogP contribution < -0.4 is 4.74 Å². The molecule has 0 aliphatic carbocycles. The van der Waals surface area contributed by atoms with Crippen LogP contribution in [0.2, 0.25) is 0 Å². The van der Waals surface area contributed by atoms with Crippen molar-refractivity contribution >= 4 is 0 Å². The van der Waals surface area contributed by atoms with E-state index in [0.717, 1.165) is 12.0 Å².